The minimum atomic E-state index is -0.503. The van der Waals surface area contributed by atoms with Gasteiger partial charge in [-0.2, -0.15) is 4.98 Å². The van der Waals surface area contributed by atoms with E-state index in [9.17, 15) is 9.18 Å². The molecule has 0 saturated heterocycles. The second-order valence-electron chi connectivity index (χ2n) is 3.73. The summed E-state index contributed by atoms with van der Waals surface area (Å²) in [6.07, 6.45) is 1.30. The number of anilines is 2. The second-order valence-corrected chi connectivity index (χ2v) is 4.47. The maximum atomic E-state index is 13.3. The van der Waals surface area contributed by atoms with Crippen LogP contribution in [-0.2, 0) is 0 Å². The fourth-order valence-corrected chi connectivity index (χ4v) is 1.78. The van der Waals surface area contributed by atoms with Gasteiger partial charge in [0, 0.05) is 7.05 Å². The van der Waals surface area contributed by atoms with Gasteiger partial charge < -0.3 is 10.6 Å². The molecule has 0 atom stereocenters. The third-order valence-corrected chi connectivity index (χ3v) is 2.88. The highest BCUT2D eigenvalue weighted by molar-refractivity contribution is 6.33. The van der Waals surface area contributed by atoms with Gasteiger partial charge in [-0.3, -0.25) is 4.79 Å². The molecular weight excluding hydrogens is 306 g/mol. The highest BCUT2D eigenvalue weighted by Crippen LogP contribution is 2.26. The molecule has 1 aromatic carbocycles. The Morgan fingerprint density at radius 3 is 2.80 bits per heavy atom. The van der Waals surface area contributed by atoms with Gasteiger partial charge in [-0.25, -0.2) is 9.37 Å². The number of carbonyl (C=O) groups excluding carboxylic acids is 1. The first-order chi connectivity index (χ1) is 9.51. The molecule has 1 heterocycles. The zero-order chi connectivity index (χ0) is 14.7. The van der Waals surface area contributed by atoms with E-state index in [-0.39, 0.29) is 33.3 Å². The van der Waals surface area contributed by atoms with Crippen LogP contribution in [-0.4, -0.2) is 22.9 Å². The summed E-state index contributed by atoms with van der Waals surface area (Å²) in [6, 6.07) is 3.70. The van der Waals surface area contributed by atoms with E-state index in [1.807, 2.05) is 0 Å². The third-order valence-electron chi connectivity index (χ3n) is 2.42. The van der Waals surface area contributed by atoms with Crippen molar-refractivity contribution in [3.8, 4) is 0 Å². The van der Waals surface area contributed by atoms with Crippen LogP contribution in [0.25, 0.3) is 0 Å². The number of hydrogen-bond acceptors (Lipinski definition) is 4. The van der Waals surface area contributed by atoms with Crippen LogP contribution in [0.15, 0.2) is 24.4 Å². The number of aromatic nitrogens is 2. The van der Waals surface area contributed by atoms with E-state index < -0.39 is 5.82 Å². The van der Waals surface area contributed by atoms with Crippen molar-refractivity contribution < 1.29 is 9.18 Å². The lowest BCUT2D eigenvalue weighted by molar-refractivity contribution is 0.0964. The Bertz CT molecular complexity index is 666. The molecule has 8 heteroatoms. The van der Waals surface area contributed by atoms with Crippen LogP contribution in [0.5, 0.6) is 0 Å². The average molecular weight is 315 g/mol. The van der Waals surface area contributed by atoms with Crippen molar-refractivity contribution in [2.75, 3.05) is 12.4 Å². The number of amides is 1. The maximum Gasteiger partial charge on any atom is 0.253 e. The zero-order valence-electron chi connectivity index (χ0n) is 10.2. The summed E-state index contributed by atoms with van der Waals surface area (Å²) in [7, 11) is 1.48. The number of hydrogen-bond donors (Lipinski definition) is 2. The predicted octanol–water partition coefficient (Wildman–Crippen LogP) is 3.03. The molecular formula is C12H9Cl2FN4O. The molecule has 2 aromatic rings. The van der Waals surface area contributed by atoms with E-state index in [1.54, 1.807) is 0 Å². The molecule has 2 N–H and O–H groups in total. The second kappa shape index (κ2) is 6.02. The molecule has 0 spiro atoms. The fourth-order valence-electron chi connectivity index (χ4n) is 1.51. The van der Waals surface area contributed by atoms with E-state index in [0.29, 0.717) is 0 Å². The van der Waals surface area contributed by atoms with Gasteiger partial charge in [0.1, 0.15) is 10.8 Å². The Morgan fingerprint density at radius 1 is 1.35 bits per heavy atom. The van der Waals surface area contributed by atoms with Gasteiger partial charge in [-0.15, -0.1) is 0 Å². The molecule has 5 nitrogen and oxygen atoms in total. The van der Waals surface area contributed by atoms with Gasteiger partial charge in [0.15, 0.2) is 5.82 Å². The van der Waals surface area contributed by atoms with E-state index in [4.69, 9.17) is 23.2 Å². The van der Waals surface area contributed by atoms with Crippen molar-refractivity contribution in [1.29, 1.82) is 0 Å². The molecule has 1 aromatic heterocycles. The molecule has 104 valence electrons. The van der Waals surface area contributed by atoms with Crippen LogP contribution < -0.4 is 10.6 Å². The summed E-state index contributed by atoms with van der Waals surface area (Å²) in [5.41, 5.74) is 0.473. The lowest BCUT2D eigenvalue weighted by atomic mass is 10.1. The highest BCUT2D eigenvalue weighted by Gasteiger charge is 2.13. The van der Waals surface area contributed by atoms with Crippen LogP contribution in [0, 0.1) is 5.82 Å². The molecule has 0 aliphatic rings. The van der Waals surface area contributed by atoms with Crippen molar-refractivity contribution in [2.24, 2.45) is 0 Å². The van der Waals surface area contributed by atoms with Crippen LogP contribution >= 0.6 is 23.2 Å². The Kier molecular flexibility index (Phi) is 4.36. The summed E-state index contributed by atoms with van der Waals surface area (Å²) in [6.45, 7) is 0. The average Bonchev–Trinajstić information content (AvgIpc) is 2.42. The van der Waals surface area contributed by atoms with Crippen molar-refractivity contribution >= 4 is 40.6 Å². The summed E-state index contributed by atoms with van der Waals surface area (Å²) >= 11 is 11.6. The lowest BCUT2D eigenvalue weighted by Gasteiger charge is -2.11. The number of nitrogens with one attached hydrogen (secondary N) is 2. The predicted molar refractivity (Wildman–Crippen MR) is 75.1 cm³/mol. The van der Waals surface area contributed by atoms with Crippen molar-refractivity contribution in [2.45, 2.75) is 0 Å². The molecule has 0 unspecified atom stereocenters. The lowest BCUT2D eigenvalue weighted by Crippen LogP contribution is -2.19. The standard InChI is InChI=1S/C12H9Cl2FN4O/c1-16-11(20)7-3-2-6(15)4-9(7)18-10-8(13)5-17-12(14)19-10/h2-5H,1H3,(H,16,20)(H,17,18,19). The Labute approximate surface area is 124 Å². The molecule has 0 bridgehead atoms. The van der Waals surface area contributed by atoms with Crippen LogP contribution in [0.4, 0.5) is 15.9 Å². The Morgan fingerprint density at radius 2 is 2.10 bits per heavy atom. The molecule has 0 saturated carbocycles. The first-order valence-corrected chi connectivity index (χ1v) is 6.23. The number of halogens is 3. The number of benzene rings is 1. The number of rotatable bonds is 3. The minimum absolute atomic E-state index is 0.0187. The summed E-state index contributed by atoms with van der Waals surface area (Å²) in [5, 5.41) is 5.41. The molecule has 0 fully saturated rings. The van der Waals surface area contributed by atoms with Crippen LogP contribution in [0.1, 0.15) is 10.4 Å². The van der Waals surface area contributed by atoms with Gasteiger partial charge in [0.05, 0.1) is 17.4 Å². The molecule has 0 aliphatic carbocycles. The molecule has 0 aliphatic heterocycles. The van der Waals surface area contributed by atoms with E-state index in [1.165, 1.54) is 25.4 Å². The van der Waals surface area contributed by atoms with E-state index >= 15 is 0 Å². The van der Waals surface area contributed by atoms with Crippen LogP contribution in [0.3, 0.4) is 0 Å². The van der Waals surface area contributed by atoms with Gasteiger partial charge in [-0.1, -0.05) is 11.6 Å². The zero-order valence-corrected chi connectivity index (χ0v) is 11.8. The van der Waals surface area contributed by atoms with E-state index in [2.05, 4.69) is 20.6 Å². The number of carbonyl (C=O) groups is 1. The minimum Gasteiger partial charge on any atom is -0.355 e. The first kappa shape index (κ1) is 14.5. The fraction of sp³-hybridized carbons (Fsp3) is 0.0833. The van der Waals surface area contributed by atoms with Crippen molar-refractivity contribution in [1.82, 2.24) is 15.3 Å². The first-order valence-electron chi connectivity index (χ1n) is 5.48. The van der Waals surface area contributed by atoms with Crippen LogP contribution in [0.2, 0.25) is 10.3 Å². The Balaban J connectivity index is 2.44. The molecule has 20 heavy (non-hydrogen) atoms. The van der Waals surface area contributed by atoms with Gasteiger partial charge in [0.25, 0.3) is 5.91 Å². The summed E-state index contributed by atoms with van der Waals surface area (Å²) < 4.78 is 13.3. The molecule has 1 amide bonds. The molecule has 0 radical (unpaired) electrons. The monoisotopic (exact) mass is 314 g/mol. The largest absolute Gasteiger partial charge is 0.355 e. The summed E-state index contributed by atoms with van der Waals surface area (Å²) in [5.74, 6) is -0.692. The summed E-state index contributed by atoms with van der Waals surface area (Å²) in [4.78, 5) is 19.3. The number of nitrogens with zero attached hydrogens (tertiary/aromatic N) is 2. The normalized spacial score (nSPS) is 10.2. The smallest absolute Gasteiger partial charge is 0.253 e. The SMILES string of the molecule is CNC(=O)c1ccc(F)cc1Nc1nc(Cl)ncc1Cl. The topological polar surface area (TPSA) is 66.9 Å². The van der Waals surface area contributed by atoms with Crippen molar-refractivity contribution in [3.63, 3.8) is 0 Å². The highest BCUT2D eigenvalue weighted by atomic mass is 35.5. The van der Waals surface area contributed by atoms with Crippen molar-refractivity contribution in [3.05, 3.63) is 46.1 Å². The molecule has 2 rings (SSSR count). The quantitative estimate of drug-likeness (QED) is 0.855. The van der Waals surface area contributed by atoms with E-state index in [0.717, 1.165) is 6.07 Å². The van der Waals surface area contributed by atoms with Gasteiger partial charge in [-0.05, 0) is 29.8 Å². The van der Waals surface area contributed by atoms with Gasteiger partial charge >= 0.3 is 0 Å². The van der Waals surface area contributed by atoms with Gasteiger partial charge in [0.2, 0.25) is 5.28 Å². The Hall–Kier alpha value is -1.92. The maximum absolute atomic E-state index is 13.3. The third kappa shape index (κ3) is 3.15.